The van der Waals surface area contributed by atoms with Gasteiger partial charge >= 0.3 is 10.4 Å². The van der Waals surface area contributed by atoms with Gasteiger partial charge < -0.3 is 40.3 Å². The minimum absolute atomic E-state index is 0.240. The molecule has 1 aliphatic rings. The average molecular weight is 864 g/mol. The van der Waals surface area contributed by atoms with Crippen LogP contribution in [-0.2, 0) is 28.9 Å². The molecule has 1 saturated heterocycles. The van der Waals surface area contributed by atoms with Crippen molar-refractivity contribution >= 4 is 16.3 Å². The third-order valence-electron chi connectivity index (χ3n) is 11.1. The van der Waals surface area contributed by atoms with Gasteiger partial charge in [0.15, 0.2) is 6.29 Å². The number of aliphatic hydroxyl groups excluding tert-OH is 5. The predicted molar refractivity (Wildman–Crippen MR) is 233 cm³/mol. The lowest BCUT2D eigenvalue weighted by Crippen LogP contribution is -2.61. The molecule has 1 rings (SSSR count). The third kappa shape index (κ3) is 28.7. The molecule has 0 spiro atoms. The van der Waals surface area contributed by atoms with Crippen LogP contribution in [0.5, 0.6) is 0 Å². The van der Waals surface area contributed by atoms with Gasteiger partial charge in [-0.2, -0.15) is 8.42 Å². The van der Waals surface area contributed by atoms with Crippen molar-refractivity contribution in [1.29, 1.82) is 0 Å². The highest BCUT2D eigenvalue weighted by Gasteiger charge is 2.48. The van der Waals surface area contributed by atoms with Gasteiger partial charge in [0.2, 0.25) is 5.91 Å². The fourth-order valence-electron chi connectivity index (χ4n) is 7.36. The van der Waals surface area contributed by atoms with Crippen LogP contribution in [0.3, 0.4) is 0 Å². The van der Waals surface area contributed by atoms with E-state index in [-0.39, 0.29) is 6.42 Å². The average Bonchev–Trinajstić information content (AvgIpc) is 3.20. The summed E-state index contributed by atoms with van der Waals surface area (Å²) in [6, 6.07) is -1.13. The summed E-state index contributed by atoms with van der Waals surface area (Å²) in [6.07, 6.45) is 28.3. The van der Waals surface area contributed by atoms with Gasteiger partial charge in [-0.3, -0.25) is 9.35 Å². The number of rotatable bonds is 39. The van der Waals surface area contributed by atoms with Crippen LogP contribution in [0.4, 0.5) is 0 Å². The zero-order chi connectivity index (χ0) is 43.6. The number of hydrogen-bond donors (Lipinski definition) is 7. The Bertz CT molecular complexity index is 1170. The summed E-state index contributed by atoms with van der Waals surface area (Å²) in [5.74, 6) is -0.711. The molecule has 7 N–H and O–H groups in total. The van der Waals surface area contributed by atoms with E-state index < -0.39 is 78.5 Å². The largest absolute Gasteiger partial charge is 0.397 e. The van der Waals surface area contributed by atoms with Crippen molar-refractivity contribution in [2.24, 2.45) is 0 Å². The van der Waals surface area contributed by atoms with E-state index in [0.29, 0.717) is 12.8 Å². The van der Waals surface area contributed by atoms with E-state index in [1.807, 2.05) is 0 Å². The van der Waals surface area contributed by atoms with Crippen molar-refractivity contribution in [3.63, 3.8) is 0 Å². The lowest BCUT2D eigenvalue weighted by molar-refractivity contribution is -0.298. The highest BCUT2D eigenvalue weighted by atomic mass is 32.3. The molecule has 1 amide bonds. The van der Waals surface area contributed by atoms with E-state index in [4.69, 9.17) is 9.47 Å². The van der Waals surface area contributed by atoms with Crippen LogP contribution in [0.15, 0.2) is 24.3 Å². The maximum Gasteiger partial charge on any atom is 0.397 e. The van der Waals surface area contributed by atoms with Gasteiger partial charge in [0.1, 0.15) is 30.5 Å². The van der Waals surface area contributed by atoms with Crippen molar-refractivity contribution < 1.29 is 57.0 Å². The van der Waals surface area contributed by atoms with Gasteiger partial charge in [-0.15, -0.1) is 0 Å². The molecule has 1 fully saturated rings. The first-order valence-electron chi connectivity index (χ1n) is 23.3. The quantitative estimate of drug-likeness (QED) is 0.0179. The Balaban J connectivity index is 2.62. The molecule has 0 bridgehead atoms. The van der Waals surface area contributed by atoms with E-state index in [0.717, 1.165) is 38.5 Å². The normalized spacial score (nSPS) is 21.7. The Morgan fingerprint density at radius 2 is 1.14 bits per heavy atom. The van der Waals surface area contributed by atoms with Crippen molar-refractivity contribution in [3.8, 4) is 0 Å². The number of aliphatic hydroxyl groups is 5. The molecule has 8 unspecified atom stereocenters. The Morgan fingerprint density at radius 1 is 0.678 bits per heavy atom. The zero-order valence-electron chi connectivity index (χ0n) is 36.7. The molecule has 0 radical (unpaired) electrons. The highest BCUT2D eigenvalue weighted by molar-refractivity contribution is 7.80. The number of carbonyl (C=O) groups is 1. The predicted octanol–water partition coefficient (Wildman–Crippen LogP) is 7.91. The van der Waals surface area contributed by atoms with E-state index in [2.05, 4.69) is 35.5 Å². The molecule has 0 saturated carbocycles. The Hall–Kier alpha value is -1.46. The van der Waals surface area contributed by atoms with Gasteiger partial charge in [0, 0.05) is 0 Å². The first-order valence-corrected chi connectivity index (χ1v) is 24.7. The molecule has 1 aliphatic heterocycles. The number of carbonyl (C=O) groups excluding carboxylic acids is 1. The minimum atomic E-state index is -5.12. The first kappa shape index (κ1) is 55.6. The van der Waals surface area contributed by atoms with Crippen LogP contribution in [-0.4, -0.2) is 107 Å². The number of nitrogens with one attached hydrogen (secondary N) is 1. The summed E-state index contributed by atoms with van der Waals surface area (Å²) in [6.45, 7) is 3.20. The van der Waals surface area contributed by atoms with Crippen LogP contribution < -0.4 is 5.32 Å². The SMILES string of the molecule is CCCCCCCCCCCC/C=C/CC/C=C/C(O)C(COC1OC(CO)C(O)C(OS(=O)(=O)O)C1O)NC(=O)C(O)CCCCCCCCCCCCCCCC. The van der Waals surface area contributed by atoms with E-state index >= 15 is 0 Å². The molecule has 0 aromatic heterocycles. The fraction of sp³-hybridized carbons (Fsp3) is 0.889. The molecule has 8 atom stereocenters. The standard InChI is InChI=1S/C45H85NO12S/c1-3-5-7-9-11-13-15-17-19-20-22-23-25-27-29-31-33-38(48)37(36-56-45-42(51)43(58-59(53,54)55)41(50)40(35-47)57-45)46-44(52)39(49)34-32-30-28-26-24-21-18-16-14-12-10-8-6-4-2/h23,25,31,33,37-43,45,47-51H,3-22,24,26-30,32,34-36H2,1-2H3,(H,46,52)(H,53,54,55)/b25-23+,33-31+. The first-order chi connectivity index (χ1) is 28.4. The number of allylic oxidation sites excluding steroid dienone is 3. The van der Waals surface area contributed by atoms with Crippen molar-refractivity contribution in [1.82, 2.24) is 5.32 Å². The lowest BCUT2D eigenvalue weighted by Gasteiger charge is -2.41. The Kier molecular flexibility index (Phi) is 34.0. The van der Waals surface area contributed by atoms with E-state index in [9.17, 15) is 43.3 Å². The number of amides is 1. The molecule has 14 heteroatoms. The van der Waals surface area contributed by atoms with E-state index in [1.165, 1.54) is 128 Å². The maximum absolute atomic E-state index is 13.1. The van der Waals surface area contributed by atoms with Crippen LogP contribution in [0.2, 0.25) is 0 Å². The summed E-state index contributed by atoms with van der Waals surface area (Å²) in [7, 11) is -5.12. The van der Waals surface area contributed by atoms with Crippen LogP contribution in [0, 0.1) is 0 Å². The van der Waals surface area contributed by atoms with Crippen molar-refractivity contribution in [2.45, 2.75) is 243 Å². The Labute approximate surface area is 357 Å². The Morgan fingerprint density at radius 3 is 1.63 bits per heavy atom. The topological polar surface area (TPSA) is 212 Å². The molecule has 59 heavy (non-hydrogen) atoms. The second-order valence-corrected chi connectivity index (χ2v) is 17.5. The molecule has 0 aliphatic carbocycles. The zero-order valence-corrected chi connectivity index (χ0v) is 37.5. The van der Waals surface area contributed by atoms with Crippen LogP contribution in [0.25, 0.3) is 0 Å². The highest BCUT2D eigenvalue weighted by Crippen LogP contribution is 2.26. The number of hydrogen-bond acceptors (Lipinski definition) is 11. The molecule has 0 aromatic rings. The van der Waals surface area contributed by atoms with Crippen LogP contribution >= 0.6 is 0 Å². The summed E-state index contributed by atoms with van der Waals surface area (Å²) in [5, 5.41) is 55.1. The summed E-state index contributed by atoms with van der Waals surface area (Å²) < 4.78 is 47.5. The van der Waals surface area contributed by atoms with Gasteiger partial charge in [0.25, 0.3) is 0 Å². The number of ether oxygens (including phenoxy) is 2. The molecule has 348 valence electrons. The van der Waals surface area contributed by atoms with E-state index in [1.54, 1.807) is 6.08 Å². The molecular formula is C45H85NO12S. The van der Waals surface area contributed by atoms with Gasteiger partial charge in [-0.25, -0.2) is 4.18 Å². The third-order valence-corrected chi connectivity index (χ3v) is 11.6. The van der Waals surface area contributed by atoms with Crippen molar-refractivity contribution in [2.75, 3.05) is 13.2 Å². The second-order valence-electron chi connectivity index (χ2n) is 16.5. The smallest absolute Gasteiger partial charge is 0.394 e. The summed E-state index contributed by atoms with van der Waals surface area (Å²) in [5.41, 5.74) is 0. The fourth-order valence-corrected chi connectivity index (χ4v) is 7.87. The van der Waals surface area contributed by atoms with Gasteiger partial charge in [-0.05, 0) is 32.1 Å². The minimum Gasteiger partial charge on any atom is -0.394 e. The molecule has 0 aromatic carbocycles. The number of unbranched alkanes of at least 4 members (excludes halogenated alkanes) is 24. The lowest BCUT2D eigenvalue weighted by atomic mass is 9.99. The van der Waals surface area contributed by atoms with Crippen LogP contribution in [0.1, 0.15) is 194 Å². The molecular weight excluding hydrogens is 779 g/mol. The summed E-state index contributed by atoms with van der Waals surface area (Å²) >= 11 is 0. The second kappa shape index (κ2) is 36.1. The van der Waals surface area contributed by atoms with Crippen molar-refractivity contribution in [3.05, 3.63) is 24.3 Å². The molecule has 1 heterocycles. The molecule has 13 nitrogen and oxygen atoms in total. The van der Waals surface area contributed by atoms with Gasteiger partial charge in [-0.1, -0.05) is 186 Å². The summed E-state index contributed by atoms with van der Waals surface area (Å²) in [4.78, 5) is 13.1. The monoisotopic (exact) mass is 864 g/mol. The van der Waals surface area contributed by atoms with Gasteiger partial charge in [0.05, 0.1) is 25.4 Å². The maximum atomic E-state index is 13.1.